The van der Waals surface area contributed by atoms with Crippen molar-refractivity contribution in [2.45, 2.75) is 98.5 Å². The number of aromatic hydroxyl groups is 1. The molecule has 1 atom stereocenters. The van der Waals surface area contributed by atoms with Gasteiger partial charge >= 0.3 is 18.3 Å². The van der Waals surface area contributed by atoms with E-state index in [1.165, 1.54) is 24.3 Å². The minimum Gasteiger partial charge on any atom is -0.508 e. The number of carbonyl (C=O) groups is 5. The molecule has 0 bridgehead atoms. The van der Waals surface area contributed by atoms with Gasteiger partial charge in [0.05, 0.1) is 0 Å². The van der Waals surface area contributed by atoms with E-state index in [-0.39, 0.29) is 17.1 Å². The number of carbonyl (C=O) groups excluding carboxylic acids is 5. The van der Waals surface area contributed by atoms with Crippen LogP contribution in [0.5, 0.6) is 5.75 Å². The van der Waals surface area contributed by atoms with Crippen molar-refractivity contribution < 1.29 is 43.3 Å². The van der Waals surface area contributed by atoms with Gasteiger partial charge in [-0.15, -0.1) is 4.90 Å². The lowest BCUT2D eigenvalue weighted by Crippen LogP contribution is -2.58. The molecule has 0 saturated carbocycles. The quantitative estimate of drug-likeness (QED) is 0.553. The number of nitrogens with zero attached hydrogens (tertiary/aromatic N) is 2. The lowest BCUT2D eigenvalue weighted by molar-refractivity contribution is -0.143. The molecule has 0 radical (unpaired) electrons. The maximum Gasteiger partial charge on any atom is 0.426 e. The first kappa shape index (κ1) is 31.4. The zero-order valence-corrected chi connectivity index (χ0v) is 23.2. The van der Waals surface area contributed by atoms with Gasteiger partial charge in [0.25, 0.3) is 5.91 Å². The first-order valence-corrected chi connectivity index (χ1v) is 11.7. The molecule has 0 unspecified atom stereocenters. The third kappa shape index (κ3) is 10.5. The maximum absolute atomic E-state index is 13.9. The summed E-state index contributed by atoms with van der Waals surface area (Å²) in [5.74, 6) is -2.15. The van der Waals surface area contributed by atoms with Crippen LogP contribution in [0.4, 0.5) is 14.4 Å². The predicted molar refractivity (Wildman–Crippen MR) is 134 cm³/mol. The Kier molecular flexibility index (Phi) is 9.86. The average molecular weight is 523 g/mol. The molecular weight excluding hydrogens is 484 g/mol. The van der Waals surface area contributed by atoms with E-state index in [4.69, 9.17) is 14.2 Å². The van der Waals surface area contributed by atoms with Gasteiger partial charge in [0.1, 0.15) is 28.6 Å². The molecule has 11 heteroatoms. The van der Waals surface area contributed by atoms with Crippen LogP contribution in [0.25, 0.3) is 0 Å². The van der Waals surface area contributed by atoms with Crippen LogP contribution >= 0.6 is 0 Å². The van der Waals surface area contributed by atoms with E-state index in [2.05, 4.69) is 0 Å². The Morgan fingerprint density at radius 3 is 1.46 bits per heavy atom. The Morgan fingerprint density at radius 2 is 1.11 bits per heavy atom. The van der Waals surface area contributed by atoms with Crippen molar-refractivity contribution in [3.05, 3.63) is 29.8 Å². The number of hydrogen-bond donors (Lipinski definition) is 1. The SMILES string of the molecule is CC(=O)N(C(=O)OC(C)(C)C)[C@@H](Cc1ccc(O)cc1)C(=O)N(C(=O)OC(C)(C)C)C(=O)OC(C)(C)C. The topological polar surface area (TPSA) is 140 Å². The lowest BCUT2D eigenvalue weighted by Gasteiger charge is -2.34. The highest BCUT2D eigenvalue weighted by Crippen LogP contribution is 2.22. The first-order chi connectivity index (χ1) is 16.6. The van der Waals surface area contributed by atoms with E-state index in [0.29, 0.717) is 10.5 Å². The molecule has 5 amide bonds. The molecule has 206 valence electrons. The highest BCUT2D eigenvalue weighted by molar-refractivity contribution is 6.10. The summed E-state index contributed by atoms with van der Waals surface area (Å²) in [7, 11) is 0. The van der Waals surface area contributed by atoms with Crippen LogP contribution in [0.15, 0.2) is 24.3 Å². The van der Waals surface area contributed by atoms with E-state index in [1.807, 2.05) is 0 Å². The van der Waals surface area contributed by atoms with Gasteiger partial charge in [-0.2, -0.15) is 0 Å². The lowest BCUT2D eigenvalue weighted by atomic mass is 10.0. The minimum atomic E-state index is -1.70. The second-order valence-corrected chi connectivity index (χ2v) is 11.4. The van der Waals surface area contributed by atoms with Gasteiger partial charge in [-0.1, -0.05) is 12.1 Å². The van der Waals surface area contributed by atoms with Crippen LogP contribution in [0.2, 0.25) is 0 Å². The molecule has 0 aliphatic carbocycles. The number of amides is 5. The Hall–Kier alpha value is -3.63. The van der Waals surface area contributed by atoms with Crippen LogP contribution < -0.4 is 0 Å². The molecule has 11 nitrogen and oxygen atoms in total. The monoisotopic (exact) mass is 522 g/mol. The van der Waals surface area contributed by atoms with Gasteiger partial charge in [0.2, 0.25) is 5.91 Å². The van der Waals surface area contributed by atoms with Crippen LogP contribution in [-0.4, -0.2) is 67.8 Å². The van der Waals surface area contributed by atoms with Crippen molar-refractivity contribution in [2.24, 2.45) is 0 Å². The third-order valence-electron chi connectivity index (χ3n) is 4.26. The van der Waals surface area contributed by atoms with Gasteiger partial charge in [0.15, 0.2) is 0 Å². The number of phenolic OH excluding ortho intramolecular Hbond substituents is 1. The van der Waals surface area contributed by atoms with Crippen molar-refractivity contribution in [3.63, 3.8) is 0 Å². The molecule has 0 aromatic heterocycles. The molecule has 0 aliphatic heterocycles. The Morgan fingerprint density at radius 1 is 0.730 bits per heavy atom. The normalized spacial score (nSPS) is 12.7. The number of rotatable bonds is 4. The highest BCUT2D eigenvalue weighted by atomic mass is 16.6. The van der Waals surface area contributed by atoms with Crippen LogP contribution in [0.1, 0.15) is 74.8 Å². The fraction of sp³-hybridized carbons (Fsp3) is 0.577. The van der Waals surface area contributed by atoms with Crippen LogP contribution in [-0.2, 0) is 30.2 Å². The fourth-order valence-electron chi connectivity index (χ4n) is 2.95. The van der Waals surface area contributed by atoms with E-state index >= 15 is 0 Å². The maximum atomic E-state index is 13.9. The zero-order chi connectivity index (χ0) is 28.9. The van der Waals surface area contributed by atoms with Gasteiger partial charge in [0, 0.05) is 13.3 Å². The third-order valence-corrected chi connectivity index (χ3v) is 4.26. The largest absolute Gasteiger partial charge is 0.508 e. The van der Waals surface area contributed by atoms with Crippen molar-refractivity contribution in [1.29, 1.82) is 0 Å². The summed E-state index contributed by atoms with van der Waals surface area (Å²) in [4.78, 5) is 66.4. The molecule has 1 aromatic rings. The molecular formula is C26H38N2O9. The van der Waals surface area contributed by atoms with Crippen molar-refractivity contribution in [2.75, 3.05) is 0 Å². The molecule has 0 saturated heterocycles. The molecule has 0 fully saturated rings. The number of hydrogen-bond acceptors (Lipinski definition) is 9. The predicted octanol–water partition coefficient (Wildman–Crippen LogP) is 4.79. The minimum absolute atomic E-state index is 0.0497. The number of phenols is 1. The summed E-state index contributed by atoms with van der Waals surface area (Å²) in [5, 5.41) is 9.63. The van der Waals surface area contributed by atoms with Crippen LogP contribution in [0.3, 0.4) is 0 Å². The second-order valence-electron chi connectivity index (χ2n) is 11.4. The molecule has 0 spiro atoms. The fourth-order valence-corrected chi connectivity index (χ4v) is 2.95. The van der Waals surface area contributed by atoms with E-state index in [1.54, 1.807) is 62.3 Å². The highest BCUT2D eigenvalue weighted by Gasteiger charge is 2.45. The summed E-state index contributed by atoms with van der Waals surface area (Å²) < 4.78 is 15.9. The Bertz CT molecular complexity index is 984. The summed E-state index contributed by atoms with van der Waals surface area (Å²) in [6.45, 7) is 15.0. The van der Waals surface area contributed by atoms with Gasteiger partial charge in [-0.25, -0.2) is 19.3 Å². The molecule has 1 N–H and O–H groups in total. The number of benzene rings is 1. The first-order valence-electron chi connectivity index (χ1n) is 11.7. The molecule has 1 aromatic carbocycles. The summed E-state index contributed by atoms with van der Waals surface area (Å²) >= 11 is 0. The van der Waals surface area contributed by atoms with Crippen molar-refractivity contribution in [3.8, 4) is 5.75 Å². The zero-order valence-electron chi connectivity index (χ0n) is 23.2. The van der Waals surface area contributed by atoms with Gasteiger partial charge in [-0.3, -0.25) is 9.59 Å². The van der Waals surface area contributed by atoms with E-state index in [0.717, 1.165) is 6.92 Å². The smallest absolute Gasteiger partial charge is 0.426 e. The average Bonchev–Trinajstić information content (AvgIpc) is 2.64. The van der Waals surface area contributed by atoms with E-state index in [9.17, 15) is 29.1 Å². The molecule has 0 aliphatic rings. The van der Waals surface area contributed by atoms with Crippen LogP contribution in [0, 0.1) is 0 Å². The summed E-state index contributed by atoms with van der Waals surface area (Å²) in [6.07, 6.45) is -4.13. The standard InChI is InChI=1S/C26H38N2O9/c1-16(29)27(21(32)35-24(2,3)4)19(15-17-11-13-18(30)14-12-17)20(31)28(22(33)36-25(5,6)7)23(34)37-26(8,9)10/h11-14,19,30H,15H2,1-10H3/t19-/m0/s1. The van der Waals surface area contributed by atoms with Gasteiger partial charge < -0.3 is 19.3 Å². The number of imide groups is 4. The second kappa shape index (κ2) is 11.6. The summed E-state index contributed by atoms with van der Waals surface area (Å²) in [5.41, 5.74) is -2.78. The number of ether oxygens (including phenoxy) is 3. The Labute approximate surface area is 217 Å². The van der Waals surface area contributed by atoms with Crippen molar-refractivity contribution >= 4 is 30.1 Å². The Balaban J connectivity index is 3.68. The van der Waals surface area contributed by atoms with Crippen molar-refractivity contribution in [1.82, 2.24) is 9.80 Å². The van der Waals surface area contributed by atoms with E-state index < -0.39 is 52.9 Å². The summed E-state index contributed by atoms with van der Waals surface area (Å²) in [6, 6.07) is 3.93. The molecule has 1 rings (SSSR count). The molecule has 37 heavy (non-hydrogen) atoms. The molecule has 0 heterocycles. The van der Waals surface area contributed by atoms with Gasteiger partial charge in [-0.05, 0) is 80.0 Å².